The molecule has 0 spiro atoms. The number of nitrogens with zero attached hydrogens (tertiary/aromatic N) is 3. The normalized spacial score (nSPS) is 14.5. The van der Waals surface area contributed by atoms with Crippen LogP contribution in [0.15, 0.2) is 35.2 Å². The van der Waals surface area contributed by atoms with Gasteiger partial charge < -0.3 is 9.80 Å². The van der Waals surface area contributed by atoms with Gasteiger partial charge in [0.2, 0.25) is 0 Å². The summed E-state index contributed by atoms with van der Waals surface area (Å²) in [6, 6.07) is 7.97. The van der Waals surface area contributed by atoms with Crippen LogP contribution in [0.1, 0.15) is 10.5 Å². The summed E-state index contributed by atoms with van der Waals surface area (Å²) in [6.45, 7) is 1.54. The molecule has 4 nitrogen and oxygen atoms in total. The van der Waals surface area contributed by atoms with E-state index in [0.717, 1.165) is 17.9 Å². The van der Waals surface area contributed by atoms with Gasteiger partial charge in [-0.3, -0.25) is 4.79 Å². The lowest BCUT2D eigenvalue weighted by atomic mass is 10.1. The number of thiazole rings is 1. The highest BCUT2D eigenvalue weighted by Gasteiger charge is 2.26. The second kappa shape index (κ2) is 4.42. The molecule has 0 radical (unpaired) electrons. The van der Waals surface area contributed by atoms with Crippen molar-refractivity contribution in [1.82, 2.24) is 4.98 Å². The molecule has 0 aliphatic carbocycles. The molecule has 2 heterocycles. The lowest BCUT2D eigenvalue weighted by Crippen LogP contribution is -2.42. The van der Waals surface area contributed by atoms with Gasteiger partial charge in [-0.2, -0.15) is 0 Å². The molecule has 0 bridgehead atoms. The average Bonchev–Trinajstić information content (AvgIpc) is 2.93. The molecule has 1 aliphatic heterocycles. The minimum atomic E-state index is -0.0169. The second-order valence-electron chi connectivity index (χ2n) is 4.24. The number of anilines is 2. The molecular weight excluding hydrogens is 246 g/mol. The van der Waals surface area contributed by atoms with E-state index in [0.29, 0.717) is 12.2 Å². The van der Waals surface area contributed by atoms with Crippen molar-refractivity contribution in [2.24, 2.45) is 0 Å². The molecule has 0 unspecified atom stereocenters. The summed E-state index contributed by atoms with van der Waals surface area (Å²) in [5.41, 5.74) is 4.27. The lowest BCUT2D eigenvalue weighted by molar-refractivity contribution is 0.0982. The zero-order chi connectivity index (χ0) is 12.5. The Morgan fingerprint density at radius 2 is 2.06 bits per heavy atom. The third-order valence-corrected chi connectivity index (χ3v) is 3.73. The van der Waals surface area contributed by atoms with E-state index in [1.807, 2.05) is 36.2 Å². The highest BCUT2D eigenvalue weighted by molar-refractivity contribution is 7.07. The lowest BCUT2D eigenvalue weighted by Gasteiger charge is -2.35. The first kappa shape index (κ1) is 11.2. The third-order valence-electron chi connectivity index (χ3n) is 3.14. The number of fused-ring (bicyclic) bond motifs is 1. The highest BCUT2D eigenvalue weighted by atomic mass is 32.1. The van der Waals surface area contributed by atoms with Gasteiger partial charge >= 0.3 is 0 Å². The van der Waals surface area contributed by atoms with Crippen LogP contribution in [0.5, 0.6) is 0 Å². The SMILES string of the molecule is CN1CCN(C(=O)c2cscn2)c2ccccc21. The Balaban J connectivity index is 2.00. The van der Waals surface area contributed by atoms with Gasteiger partial charge in [-0.25, -0.2) is 4.98 Å². The quantitative estimate of drug-likeness (QED) is 0.788. The number of para-hydroxylation sites is 2. The van der Waals surface area contributed by atoms with Gasteiger partial charge in [0.05, 0.1) is 16.9 Å². The van der Waals surface area contributed by atoms with E-state index in [2.05, 4.69) is 9.88 Å². The summed E-state index contributed by atoms with van der Waals surface area (Å²) in [5.74, 6) is -0.0169. The molecule has 3 rings (SSSR count). The van der Waals surface area contributed by atoms with Crippen LogP contribution in [0, 0.1) is 0 Å². The van der Waals surface area contributed by atoms with Gasteiger partial charge in [-0.1, -0.05) is 12.1 Å². The van der Waals surface area contributed by atoms with E-state index in [1.54, 1.807) is 10.9 Å². The smallest absolute Gasteiger partial charge is 0.277 e. The van der Waals surface area contributed by atoms with Crippen LogP contribution < -0.4 is 9.80 Å². The number of amides is 1. The van der Waals surface area contributed by atoms with Crippen LogP contribution in [-0.2, 0) is 0 Å². The van der Waals surface area contributed by atoms with Crippen molar-refractivity contribution in [2.75, 3.05) is 29.9 Å². The predicted octanol–water partition coefficient (Wildman–Crippen LogP) is 2.24. The molecular formula is C13H13N3OS. The van der Waals surface area contributed by atoms with Crippen molar-refractivity contribution >= 4 is 28.6 Å². The minimum Gasteiger partial charge on any atom is -0.371 e. The highest BCUT2D eigenvalue weighted by Crippen LogP contribution is 2.32. The largest absolute Gasteiger partial charge is 0.371 e. The summed E-state index contributed by atoms with van der Waals surface area (Å²) in [5, 5.41) is 1.79. The summed E-state index contributed by atoms with van der Waals surface area (Å²) in [4.78, 5) is 20.5. The molecule has 0 atom stereocenters. The zero-order valence-corrected chi connectivity index (χ0v) is 10.9. The van der Waals surface area contributed by atoms with E-state index in [4.69, 9.17) is 0 Å². The molecule has 1 amide bonds. The fraction of sp³-hybridized carbons (Fsp3) is 0.231. The molecule has 1 aromatic carbocycles. The van der Waals surface area contributed by atoms with Gasteiger partial charge in [-0.15, -0.1) is 11.3 Å². The van der Waals surface area contributed by atoms with Crippen LogP contribution in [0.4, 0.5) is 11.4 Å². The topological polar surface area (TPSA) is 36.4 Å². The van der Waals surface area contributed by atoms with Gasteiger partial charge in [0.25, 0.3) is 5.91 Å². The monoisotopic (exact) mass is 259 g/mol. The molecule has 0 saturated carbocycles. The molecule has 1 aromatic heterocycles. The Morgan fingerprint density at radius 1 is 1.28 bits per heavy atom. The van der Waals surface area contributed by atoms with Gasteiger partial charge in [-0.05, 0) is 12.1 Å². The summed E-state index contributed by atoms with van der Waals surface area (Å²) >= 11 is 1.44. The van der Waals surface area contributed by atoms with Gasteiger partial charge in [0.1, 0.15) is 5.69 Å². The molecule has 2 aromatic rings. The van der Waals surface area contributed by atoms with Crippen molar-refractivity contribution in [3.8, 4) is 0 Å². The molecule has 0 saturated heterocycles. The first-order valence-corrected chi connectivity index (χ1v) is 6.72. The molecule has 0 fully saturated rings. The number of hydrogen-bond donors (Lipinski definition) is 0. The fourth-order valence-electron chi connectivity index (χ4n) is 2.17. The zero-order valence-electron chi connectivity index (χ0n) is 10.0. The molecule has 18 heavy (non-hydrogen) atoms. The Morgan fingerprint density at radius 3 is 2.78 bits per heavy atom. The van der Waals surface area contributed by atoms with Crippen LogP contribution in [0.3, 0.4) is 0 Å². The predicted molar refractivity (Wildman–Crippen MR) is 73.5 cm³/mol. The first-order valence-electron chi connectivity index (χ1n) is 5.77. The fourth-order valence-corrected chi connectivity index (χ4v) is 2.70. The number of hydrogen-bond acceptors (Lipinski definition) is 4. The Hall–Kier alpha value is -1.88. The summed E-state index contributed by atoms with van der Waals surface area (Å²) in [7, 11) is 2.05. The summed E-state index contributed by atoms with van der Waals surface area (Å²) in [6.07, 6.45) is 0. The Bertz CT molecular complexity index is 567. The second-order valence-corrected chi connectivity index (χ2v) is 4.96. The minimum absolute atomic E-state index is 0.0169. The van der Waals surface area contributed by atoms with Crippen molar-refractivity contribution in [1.29, 1.82) is 0 Å². The number of aromatic nitrogens is 1. The van der Waals surface area contributed by atoms with Crippen molar-refractivity contribution < 1.29 is 4.79 Å². The van der Waals surface area contributed by atoms with E-state index >= 15 is 0 Å². The first-order chi connectivity index (χ1) is 8.77. The van der Waals surface area contributed by atoms with E-state index in [9.17, 15) is 4.79 Å². The molecule has 5 heteroatoms. The molecule has 1 aliphatic rings. The van der Waals surface area contributed by atoms with Crippen LogP contribution in [0.25, 0.3) is 0 Å². The van der Waals surface area contributed by atoms with Gasteiger partial charge in [0, 0.05) is 25.5 Å². The van der Waals surface area contributed by atoms with Crippen molar-refractivity contribution in [2.45, 2.75) is 0 Å². The number of carbonyl (C=O) groups excluding carboxylic acids is 1. The third kappa shape index (κ3) is 1.76. The molecule has 92 valence electrons. The van der Waals surface area contributed by atoms with Gasteiger partial charge in [0.15, 0.2) is 0 Å². The summed E-state index contributed by atoms with van der Waals surface area (Å²) < 4.78 is 0. The van der Waals surface area contributed by atoms with E-state index < -0.39 is 0 Å². The van der Waals surface area contributed by atoms with Crippen LogP contribution >= 0.6 is 11.3 Å². The van der Waals surface area contributed by atoms with Crippen LogP contribution in [-0.4, -0.2) is 31.0 Å². The number of carbonyl (C=O) groups is 1. The molecule has 0 N–H and O–H groups in total. The van der Waals surface area contributed by atoms with Crippen LogP contribution in [0.2, 0.25) is 0 Å². The number of likely N-dealkylation sites (N-methyl/N-ethyl adjacent to an activating group) is 1. The maximum absolute atomic E-state index is 12.4. The van der Waals surface area contributed by atoms with Crippen molar-refractivity contribution in [3.63, 3.8) is 0 Å². The average molecular weight is 259 g/mol. The van der Waals surface area contributed by atoms with Crippen molar-refractivity contribution in [3.05, 3.63) is 40.8 Å². The maximum Gasteiger partial charge on any atom is 0.277 e. The standard InChI is InChI=1S/C13H13N3OS/c1-15-6-7-16(12-5-3-2-4-11(12)15)13(17)10-8-18-9-14-10/h2-5,8-9H,6-7H2,1H3. The number of benzene rings is 1. The van der Waals surface area contributed by atoms with E-state index in [1.165, 1.54) is 11.3 Å². The Labute approximate surface area is 109 Å². The maximum atomic E-state index is 12.4. The number of rotatable bonds is 1. The Kier molecular flexibility index (Phi) is 2.76. The van der Waals surface area contributed by atoms with E-state index in [-0.39, 0.29) is 5.91 Å².